The Labute approximate surface area is 180 Å². The van der Waals surface area contributed by atoms with E-state index in [9.17, 15) is 4.79 Å². The molecule has 5 rings (SSSR count). The number of thiocarbonyl (C=S) groups is 1. The number of hydrogen-bond donors (Lipinski definition) is 0. The van der Waals surface area contributed by atoms with Crippen molar-refractivity contribution in [1.82, 2.24) is 0 Å². The highest BCUT2D eigenvalue weighted by atomic mass is 35.5. The second kappa shape index (κ2) is 7.26. The van der Waals surface area contributed by atoms with Crippen LogP contribution in [0.5, 0.6) is 11.5 Å². The van der Waals surface area contributed by atoms with E-state index in [1.165, 1.54) is 16.7 Å². The van der Waals surface area contributed by atoms with Crippen LogP contribution in [-0.2, 0) is 4.79 Å². The number of furan rings is 1. The number of benzene rings is 2. The number of rotatable bonds is 3. The zero-order valence-electron chi connectivity index (χ0n) is 14.8. The van der Waals surface area contributed by atoms with Crippen molar-refractivity contribution in [2.45, 2.75) is 0 Å². The van der Waals surface area contributed by atoms with E-state index in [-0.39, 0.29) is 12.7 Å². The third-order valence-electron chi connectivity index (χ3n) is 4.44. The third kappa shape index (κ3) is 3.42. The van der Waals surface area contributed by atoms with Crippen LogP contribution in [0.3, 0.4) is 0 Å². The maximum atomic E-state index is 13.0. The van der Waals surface area contributed by atoms with Crippen LogP contribution in [0.15, 0.2) is 63.9 Å². The number of hydrogen-bond acceptors (Lipinski definition) is 6. The second-order valence-electron chi connectivity index (χ2n) is 6.26. The smallest absolute Gasteiger partial charge is 0.270 e. The topological polar surface area (TPSA) is 51.9 Å². The van der Waals surface area contributed by atoms with Gasteiger partial charge < -0.3 is 13.9 Å². The Morgan fingerprint density at radius 3 is 2.66 bits per heavy atom. The number of carbonyl (C=O) groups is 1. The maximum Gasteiger partial charge on any atom is 0.270 e. The highest BCUT2D eigenvalue weighted by molar-refractivity contribution is 8.27. The molecule has 8 heteroatoms. The van der Waals surface area contributed by atoms with Gasteiger partial charge in [0, 0.05) is 22.7 Å². The molecule has 3 aromatic rings. The summed E-state index contributed by atoms with van der Waals surface area (Å²) in [6.45, 7) is 0.172. The highest BCUT2D eigenvalue weighted by Gasteiger charge is 2.34. The first-order chi connectivity index (χ1) is 14.1. The summed E-state index contributed by atoms with van der Waals surface area (Å²) in [5.41, 5.74) is 1.54. The second-order valence-corrected chi connectivity index (χ2v) is 8.38. The van der Waals surface area contributed by atoms with Crippen molar-refractivity contribution < 1.29 is 18.7 Å². The van der Waals surface area contributed by atoms with Crippen LogP contribution in [0.4, 0.5) is 5.69 Å². The van der Waals surface area contributed by atoms with Crippen LogP contribution < -0.4 is 14.4 Å². The molecule has 5 nitrogen and oxygen atoms in total. The standard InChI is InChI=1S/C21H12ClNO4S2/c22-13-3-1-12(2-4-13)16-8-6-15(27-16)10-19-20(24)23(21(28)29-19)14-5-7-17-18(9-14)26-11-25-17/h1-10H,11H2/b19-10+. The summed E-state index contributed by atoms with van der Waals surface area (Å²) in [6.07, 6.45) is 1.70. The number of nitrogens with zero attached hydrogens (tertiary/aromatic N) is 1. The molecular formula is C21H12ClNO4S2. The minimum absolute atomic E-state index is 0.172. The van der Waals surface area contributed by atoms with Crippen LogP contribution in [0, 0.1) is 0 Å². The predicted octanol–water partition coefficient (Wildman–Crippen LogP) is 5.73. The van der Waals surface area contributed by atoms with E-state index in [2.05, 4.69) is 0 Å². The lowest BCUT2D eigenvalue weighted by molar-refractivity contribution is -0.113. The van der Waals surface area contributed by atoms with E-state index in [1.54, 1.807) is 36.4 Å². The molecule has 1 amide bonds. The van der Waals surface area contributed by atoms with Crippen molar-refractivity contribution in [2.24, 2.45) is 0 Å². The molecule has 0 unspecified atom stereocenters. The molecule has 2 aliphatic rings. The van der Waals surface area contributed by atoms with E-state index in [0.29, 0.717) is 43.0 Å². The molecule has 0 atom stereocenters. The molecule has 0 spiro atoms. The Balaban J connectivity index is 1.41. The number of thioether (sulfide) groups is 1. The summed E-state index contributed by atoms with van der Waals surface area (Å²) in [5, 5.41) is 0.660. The molecule has 0 radical (unpaired) electrons. The number of fused-ring (bicyclic) bond motifs is 1. The van der Waals surface area contributed by atoms with E-state index in [1.807, 2.05) is 24.3 Å². The highest BCUT2D eigenvalue weighted by Crippen LogP contribution is 2.41. The first-order valence-electron chi connectivity index (χ1n) is 8.62. The Morgan fingerprint density at radius 1 is 1.03 bits per heavy atom. The molecule has 0 N–H and O–H groups in total. The summed E-state index contributed by atoms with van der Waals surface area (Å²) >= 11 is 12.6. The number of ether oxygens (including phenoxy) is 2. The Kier molecular flexibility index (Phi) is 4.58. The zero-order chi connectivity index (χ0) is 20.0. The van der Waals surface area contributed by atoms with Gasteiger partial charge in [0.2, 0.25) is 6.79 Å². The Bertz CT molecular complexity index is 1170. The van der Waals surface area contributed by atoms with Crippen LogP contribution in [0.2, 0.25) is 5.02 Å². The van der Waals surface area contributed by atoms with Gasteiger partial charge in [-0.05, 0) is 48.5 Å². The van der Waals surface area contributed by atoms with Crippen molar-refractivity contribution in [1.29, 1.82) is 0 Å². The molecule has 29 heavy (non-hydrogen) atoms. The quantitative estimate of drug-likeness (QED) is 0.382. The number of halogens is 1. The van der Waals surface area contributed by atoms with Crippen LogP contribution in [0.1, 0.15) is 5.76 Å². The maximum absolute atomic E-state index is 13.0. The van der Waals surface area contributed by atoms with Gasteiger partial charge in [-0.15, -0.1) is 0 Å². The van der Waals surface area contributed by atoms with E-state index < -0.39 is 0 Å². The average molecular weight is 442 g/mol. The molecule has 1 saturated heterocycles. The van der Waals surface area contributed by atoms with Gasteiger partial charge in [-0.25, -0.2) is 0 Å². The lowest BCUT2D eigenvalue weighted by atomic mass is 10.2. The summed E-state index contributed by atoms with van der Waals surface area (Å²) in [7, 11) is 0. The zero-order valence-corrected chi connectivity index (χ0v) is 17.1. The summed E-state index contributed by atoms with van der Waals surface area (Å²) < 4.78 is 17.0. The largest absolute Gasteiger partial charge is 0.457 e. The minimum Gasteiger partial charge on any atom is -0.457 e. The molecule has 1 fully saturated rings. The number of carbonyl (C=O) groups excluding carboxylic acids is 1. The van der Waals surface area contributed by atoms with E-state index >= 15 is 0 Å². The van der Waals surface area contributed by atoms with Gasteiger partial charge in [0.1, 0.15) is 11.5 Å². The molecular weight excluding hydrogens is 430 g/mol. The number of anilines is 1. The normalized spacial score (nSPS) is 16.9. The van der Waals surface area contributed by atoms with Gasteiger partial charge in [0.15, 0.2) is 15.8 Å². The van der Waals surface area contributed by atoms with Gasteiger partial charge in [-0.1, -0.05) is 35.6 Å². The first kappa shape index (κ1) is 18.3. The van der Waals surface area contributed by atoms with Gasteiger partial charge >= 0.3 is 0 Å². The third-order valence-corrected chi connectivity index (χ3v) is 5.99. The fraction of sp³-hybridized carbons (Fsp3) is 0.0476. The molecule has 1 aromatic heterocycles. The van der Waals surface area contributed by atoms with Crippen molar-refractivity contribution in [3.05, 3.63) is 70.3 Å². The monoisotopic (exact) mass is 441 g/mol. The molecule has 2 aliphatic heterocycles. The SMILES string of the molecule is O=C1/C(=C\c2ccc(-c3ccc(Cl)cc3)o2)SC(=S)N1c1ccc2c(c1)OCO2. The van der Waals surface area contributed by atoms with Crippen molar-refractivity contribution in [3.63, 3.8) is 0 Å². The van der Waals surface area contributed by atoms with Crippen molar-refractivity contribution in [3.8, 4) is 22.8 Å². The molecule has 0 aliphatic carbocycles. The van der Waals surface area contributed by atoms with Crippen molar-refractivity contribution >= 4 is 57.6 Å². The molecule has 3 heterocycles. The Hall–Kier alpha value is -2.74. The fourth-order valence-electron chi connectivity index (χ4n) is 3.04. The van der Waals surface area contributed by atoms with Crippen LogP contribution >= 0.6 is 35.6 Å². The fourth-order valence-corrected chi connectivity index (χ4v) is 4.45. The van der Waals surface area contributed by atoms with Gasteiger partial charge in [-0.3, -0.25) is 9.69 Å². The summed E-state index contributed by atoms with van der Waals surface area (Å²) in [4.78, 5) is 14.9. The molecule has 2 aromatic carbocycles. The molecule has 0 saturated carbocycles. The number of amides is 1. The Morgan fingerprint density at radius 2 is 1.83 bits per heavy atom. The van der Waals surface area contributed by atoms with Crippen LogP contribution in [-0.4, -0.2) is 17.0 Å². The van der Waals surface area contributed by atoms with Gasteiger partial charge in [0.05, 0.1) is 10.6 Å². The van der Waals surface area contributed by atoms with E-state index in [0.717, 1.165) is 5.56 Å². The van der Waals surface area contributed by atoms with Crippen molar-refractivity contribution in [2.75, 3.05) is 11.7 Å². The van der Waals surface area contributed by atoms with Gasteiger partial charge in [-0.2, -0.15) is 0 Å². The predicted molar refractivity (Wildman–Crippen MR) is 117 cm³/mol. The average Bonchev–Trinajstić information content (AvgIpc) is 3.42. The molecule has 144 valence electrons. The first-order valence-corrected chi connectivity index (χ1v) is 10.2. The van der Waals surface area contributed by atoms with Crippen LogP contribution in [0.25, 0.3) is 17.4 Å². The summed E-state index contributed by atoms with van der Waals surface area (Å²) in [5.74, 6) is 2.31. The summed E-state index contributed by atoms with van der Waals surface area (Å²) in [6, 6.07) is 16.3. The lowest BCUT2D eigenvalue weighted by Crippen LogP contribution is -2.27. The molecule has 0 bridgehead atoms. The minimum atomic E-state index is -0.205. The lowest BCUT2D eigenvalue weighted by Gasteiger charge is -2.14. The van der Waals surface area contributed by atoms with E-state index in [4.69, 9.17) is 37.7 Å². The van der Waals surface area contributed by atoms with Gasteiger partial charge in [0.25, 0.3) is 5.91 Å².